The molecule has 140 valence electrons. The monoisotopic (exact) mass is 357 g/mol. The zero-order valence-electron chi connectivity index (χ0n) is 16.1. The first-order valence-corrected chi connectivity index (χ1v) is 9.06. The summed E-state index contributed by atoms with van der Waals surface area (Å²) in [5.41, 5.74) is 2.52. The van der Waals surface area contributed by atoms with Crippen molar-refractivity contribution in [2.24, 2.45) is 5.92 Å². The van der Waals surface area contributed by atoms with E-state index in [1.807, 2.05) is 36.7 Å². The summed E-state index contributed by atoms with van der Waals surface area (Å²) in [4.78, 5) is 22.9. The lowest BCUT2D eigenvalue weighted by Crippen LogP contribution is -2.44. The molecule has 0 aromatic carbocycles. The van der Waals surface area contributed by atoms with Crippen LogP contribution in [0.3, 0.4) is 0 Å². The smallest absolute Gasteiger partial charge is 0.246 e. The highest BCUT2D eigenvalue weighted by Gasteiger charge is 2.30. The van der Waals surface area contributed by atoms with E-state index >= 15 is 0 Å². The molecule has 26 heavy (non-hydrogen) atoms. The summed E-state index contributed by atoms with van der Waals surface area (Å²) in [5.74, 6) is 1.85. The molecule has 2 aromatic heterocycles. The Hall–Kier alpha value is -2.64. The van der Waals surface area contributed by atoms with Gasteiger partial charge in [0.25, 0.3) is 0 Å². The highest BCUT2D eigenvalue weighted by atomic mass is 16.2. The van der Waals surface area contributed by atoms with Gasteiger partial charge in [0.1, 0.15) is 11.7 Å². The Balaban J connectivity index is 1.72. The number of hydrogen-bond acceptors (Lipinski definition) is 6. The van der Waals surface area contributed by atoms with E-state index in [1.165, 1.54) is 0 Å². The minimum absolute atomic E-state index is 0.0406. The quantitative estimate of drug-likeness (QED) is 0.825. The number of nitrogens with zero attached hydrogens (tertiary/aromatic N) is 5. The van der Waals surface area contributed by atoms with Crippen molar-refractivity contribution in [1.82, 2.24) is 19.7 Å². The molecule has 3 heterocycles. The molecule has 8 nitrogen and oxygen atoms in total. The van der Waals surface area contributed by atoms with Gasteiger partial charge in [-0.25, -0.2) is 4.98 Å². The standard InChI is InChI=1S/C18H27N7O/c1-6-11(2)9-25-10-14(8-20-25)7-19-18-21-12(3)15-16(23-18)24(5)13(4)17(26)22-15/h8,10-11,13H,6-7,9H2,1-5H3,(H,22,26)(H,19,21,23)/t11-,13-/m0/s1. The Kier molecular flexibility index (Phi) is 5.11. The molecule has 0 saturated heterocycles. The summed E-state index contributed by atoms with van der Waals surface area (Å²) in [6.07, 6.45) is 5.06. The third kappa shape index (κ3) is 3.63. The molecule has 3 rings (SSSR count). The van der Waals surface area contributed by atoms with Crippen LogP contribution >= 0.6 is 0 Å². The number of amides is 1. The van der Waals surface area contributed by atoms with Crippen LogP contribution in [0, 0.1) is 12.8 Å². The second-order valence-corrected chi connectivity index (χ2v) is 7.04. The van der Waals surface area contributed by atoms with E-state index in [9.17, 15) is 4.79 Å². The molecule has 0 aliphatic carbocycles. The second kappa shape index (κ2) is 7.31. The Bertz CT molecular complexity index is 801. The van der Waals surface area contributed by atoms with Crippen LogP contribution in [-0.2, 0) is 17.9 Å². The first kappa shape index (κ1) is 18.2. The van der Waals surface area contributed by atoms with Gasteiger partial charge in [-0.15, -0.1) is 0 Å². The van der Waals surface area contributed by atoms with Crippen LogP contribution in [0.5, 0.6) is 0 Å². The Morgan fingerprint density at radius 1 is 1.38 bits per heavy atom. The number of carbonyl (C=O) groups excluding carboxylic acids is 1. The fraction of sp³-hybridized carbons (Fsp3) is 0.556. The molecule has 1 amide bonds. The highest BCUT2D eigenvalue weighted by molar-refractivity contribution is 6.03. The largest absolute Gasteiger partial charge is 0.350 e. The van der Waals surface area contributed by atoms with E-state index < -0.39 is 0 Å². The van der Waals surface area contributed by atoms with E-state index in [0.717, 1.165) is 30.0 Å². The molecule has 2 aromatic rings. The molecule has 2 atom stereocenters. The van der Waals surface area contributed by atoms with Gasteiger partial charge < -0.3 is 15.5 Å². The van der Waals surface area contributed by atoms with Crippen LogP contribution in [0.4, 0.5) is 17.5 Å². The van der Waals surface area contributed by atoms with Crippen molar-refractivity contribution < 1.29 is 4.79 Å². The zero-order valence-corrected chi connectivity index (χ0v) is 16.1. The fourth-order valence-electron chi connectivity index (χ4n) is 2.85. The summed E-state index contributed by atoms with van der Waals surface area (Å²) >= 11 is 0. The molecule has 2 N–H and O–H groups in total. The average Bonchev–Trinajstić information content (AvgIpc) is 3.06. The summed E-state index contributed by atoms with van der Waals surface area (Å²) in [5, 5.41) is 10.6. The van der Waals surface area contributed by atoms with Crippen LogP contribution in [0.15, 0.2) is 12.4 Å². The van der Waals surface area contributed by atoms with E-state index in [2.05, 4.69) is 45.7 Å². The highest BCUT2D eigenvalue weighted by Crippen LogP contribution is 2.32. The van der Waals surface area contributed by atoms with Gasteiger partial charge in [0.05, 0.1) is 11.9 Å². The third-order valence-corrected chi connectivity index (χ3v) is 4.95. The van der Waals surface area contributed by atoms with Crippen LogP contribution < -0.4 is 15.5 Å². The van der Waals surface area contributed by atoms with Crippen LogP contribution in [0.25, 0.3) is 0 Å². The van der Waals surface area contributed by atoms with Crippen molar-refractivity contribution in [1.29, 1.82) is 0 Å². The summed E-state index contributed by atoms with van der Waals surface area (Å²) in [7, 11) is 1.87. The van der Waals surface area contributed by atoms with Gasteiger partial charge in [-0.2, -0.15) is 10.1 Å². The minimum atomic E-state index is -0.261. The number of anilines is 3. The van der Waals surface area contributed by atoms with E-state index in [1.54, 1.807) is 0 Å². The number of nitrogens with one attached hydrogen (secondary N) is 2. The maximum atomic E-state index is 12.0. The maximum Gasteiger partial charge on any atom is 0.246 e. The van der Waals surface area contributed by atoms with E-state index in [0.29, 0.717) is 24.1 Å². The normalized spacial score (nSPS) is 17.7. The van der Waals surface area contributed by atoms with Crippen molar-refractivity contribution >= 4 is 23.4 Å². The predicted molar refractivity (Wildman–Crippen MR) is 102 cm³/mol. The van der Waals surface area contributed by atoms with Crippen molar-refractivity contribution in [2.75, 3.05) is 22.6 Å². The molecule has 0 saturated carbocycles. The number of rotatable bonds is 6. The SMILES string of the molecule is CC[C@H](C)Cn1cc(CNc2nc(C)c3c(n2)N(C)[C@@H](C)C(=O)N3)cn1. The lowest BCUT2D eigenvalue weighted by molar-refractivity contribution is -0.117. The number of likely N-dealkylation sites (N-methyl/N-ethyl adjacent to an activating group) is 1. The summed E-state index contributed by atoms with van der Waals surface area (Å²) in [6.45, 7) is 9.67. The van der Waals surface area contributed by atoms with Crippen LogP contribution in [0.2, 0.25) is 0 Å². The minimum Gasteiger partial charge on any atom is -0.350 e. The van der Waals surface area contributed by atoms with Crippen molar-refractivity contribution in [3.63, 3.8) is 0 Å². The van der Waals surface area contributed by atoms with Crippen molar-refractivity contribution in [2.45, 2.75) is 53.2 Å². The van der Waals surface area contributed by atoms with Crippen LogP contribution in [-0.4, -0.2) is 38.7 Å². The number of hydrogen-bond donors (Lipinski definition) is 2. The first-order valence-electron chi connectivity index (χ1n) is 9.06. The fourth-order valence-corrected chi connectivity index (χ4v) is 2.85. The lowest BCUT2D eigenvalue weighted by Gasteiger charge is -2.32. The predicted octanol–water partition coefficient (Wildman–Crippen LogP) is 2.42. The van der Waals surface area contributed by atoms with Gasteiger partial charge in [-0.1, -0.05) is 20.3 Å². The lowest BCUT2D eigenvalue weighted by atomic mass is 10.1. The number of aromatic nitrogens is 4. The summed E-state index contributed by atoms with van der Waals surface area (Å²) < 4.78 is 1.98. The van der Waals surface area contributed by atoms with Gasteiger partial charge in [0.15, 0.2) is 5.82 Å². The Morgan fingerprint density at radius 2 is 2.15 bits per heavy atom. The van der Waals surface area contributed by atoms with E-state index in [4.69, 9.17) is 0 Å². The topological polar surface area (TPSA) is 88.0 Å². The average molecular weight is 357 g/mol. The molecule has 0 fully saturated rings. The van der Waals surface area contributed by atoms with Gasteiger partial charge in [-0.3, -0.25) is 9.48 Å². The van der Waals surface area contributed by atoms with E-state index in [-0.39, 0.29) is 11.9 Å². The van der Waals surface area contributed by atoms with Gasteiger partial charge in [-0.05, 0) is 19.8 Å². The Morgan fingerprint density at radius 3 is 2.88 bits per heavy atom. The third-order valence-electron chi connectivity index (χ3n) is 4.95. The van der Waals surface area contributed by atoms with Gasteiger partial charge >= 0.3 is 0 Å². The Labute approximate surface area is 154 Å². The van der Waals surface area contributed by atoms with Crippen molar-refractivity contribution in [3.8, 4) is 0 Å². The zero-order chi connectivity index (χ0) is 18.8. The molecular weight excluding hydrogens is 330 g/mol. The second-order valence-electron chi connectivity index (χ2n) is 7.04. The molecule has 0 unspecified atom stereocenters. The maximum absolute atomic E-state index is 12.0. The molecular formula is C18H27N7O. The van der Waals surface area contributed by atoms with Gasteiger partial charge in [0.2, 0.25) is 11.9 Å². The molecule has 1 aliphatic rings. The molecule has 0 spiro atoms. The number of carbonyl (C=O) groups is 1. The summed E-state index contributed by atoms with van der Waals surface area (Å²) in [6, 6.07) is -0.261. The van der Waals surface area contributed by atoms with Crippen molar-refractivity contribution in [3.05, 3.63) is 23.7 Å². The molecule has 0 bridgehead atoms. The van der Waals surface area contributed by atoms with Gasteiger partial charge in [0, 0.05) is 31.9 Å². The molecule has 0 radical (unpaired) electrons. The van der Waals surface area contributed by atoms with Crippen LogP contribution in [0.1, 0.15) is 38.4 Å². The molecule has 1 aliphatic heterocycles. The number of aryl methyl sites for hydroxylation is 1. The first-order chi connectivity index (χ1) is 12.4. The molecule has 8 heteroatoms. The number of fused-ring (bicyclic) bond motifs is 1.